The molecule has 0 aliphatic heterocycles. The maximum Gasteiger partial charge on any atom is 0.244 e. The van der Waals surface area contributed by atoms with Gasteiger partial charge in [0, 0.05) is 23.8 Å². The Labute approximate surface area is 125 Å². The Morgan fingerprint density at radius 1 is 1.50 bits per heavy atom. The van der Waals surface area contributed by atoms with Gasteiger partial charge in [0.25, 0.3) is 0 Å². The largest absolute Gasteiger partial charge is 0.372 e. The van der Waals surface area contributed by atoms with Gasteiger partial charge in [-0.05, 0) is 34.8 Å². The minimum atomic E-state index is -3.80. The lowest BCUT2D eigenvalue weighted by Gasteiger charge is -2.10. The van der Waals surface area contributed by atoms with E-state index in [9.17, 15) is 13.2 Å². The highest BCUT2D eigenvalue weighted by Crippen LogP contribution is 2.22. The molecule has 1 aromatic rings. The van der Waals surface area contributed by atoms with Gasteiger partial charge in [-0.15, -0.1) is 0 Å². The van der Waals surface area contributed by atoms with E-state index in [-0.39, 0.29) is 29.2 Å². The van der Waals surface area contributed by atoms with Gasteiger partial charge in [0.1, 0.15) is 10.7 Å². The molecule has 1 aromatic heterocycles. The summed E-state index contributed by atoms with van der Waals surface area (Å²) in [6, 6.07) is 1.63. The Morgan fingerprint density at radius 2 is 2.20 bits per heavy atom. The number of amides is 1. The first-order chi connectivity index (χ1) is 9.42. The molecule has 1 aliphatic carbocycles. The van der Waals surface area contributed by atoms with Gasteiger partial charge in [-0.1, -0.05) is 0 Å². The predicted octanol–water partition coefficient (Wildman–Crippen LogP) is 0.443. The van der Waals surface area contributed by atoms with Crippen molar-refractivity contribution in [3.8, 4) is 0 Å². The van der Waals surface area contributed by atoms with Crippen molar-refractivity contribution < 1.29 is 13.2 Å². The van der Waals surface area contributed by atoms with Crippen LogP contribution in [0.1, 0.15) is 12.8 Å². The summed E-state index contributed by atoms with van der Waals surface area (Å²) in [5, 5.41) is 5.42. The van der Waals surface area contributed by atoms with Crippen molar-refractivity contribution in [3.63, 3.8) is 0 Å². The molecule has 1 saturated carbocycles. The van der Waals surface area contributed by atoms with Crippen LogP contribution in [-0.4, -0.2) is 38.9 Å². The number of carbonyl (C=O) groups excluding carboxylic acids is 1. The standard InChI is InChI=1S/C11H15BrN4O3S/c1-13-11-9(4-7(12)5-14-11)20(18,19)15-6-10(17)16-8-2-3-8/h4-5,8,15H,2-3,6H2,1H3,(H,13,14)(H,16,17). The second kappa shape index (κ2) is 6.06. The zero-order valence-corrected chi connectivity index (χ0v) is 13.2. The molecule has 0 bridgehead atoms. The maximum absolute atomic E-state index is 12.2. The van der Waals surface area contributed by atoms with Crippen LogP contribution in [0.2, 0.25) is 0 Å². The third-order valence-corrected chi connectivity index (χ3v) is 4.56. The number of hydrogen-bond donors (Lipinski definition) is 3. The number of halogens is 1. The number of carbonyl (C=O) groups is 1. The number of sulfonamides is 1. The number of aromatic nitrogens is 1. The van der Waals surface area contributed by atoms with Crippen LogP contribution in [0.5, 0.6) is 0 Å². The molecule has 9 heteroatoms. The molecule has 0 aromatic carbocycles. The minimum absolute atomic E-state index is 0.00593. The molecule has 0 spiro atoms. The molecule has 1 heterocycles. The molecular weight excluding hydrogens is 348 g/mol. The maximum atomic E-state index is 12.2. The lowest BCUT2D eigenvalue weighted by Crippen LogP contribution is -2.38. The number of anilines is 1. The highest BCUT2D eigenvalue weighted by Gasteiger charge is 2.25. The van der Waals surface area contributed by atoms with Gasteiger partial charge in [-0.2, -0.15) is 0 Å². The van der Waals surface area contributed by atoms with Crippen LogP contribution in [0.3, 0.4) is 0 Å². The Balaban J connectivity index is 2.08. The fourth-order valence-electron chi connectivity index (χ4n) is 1.56. The SMILES string of the molecule is CNc1ncc(Br)cc1S(=O)(=O)NCC(=O)NC1CC1. The number of nitrogens with one attached hydrogen (secondary N) is 3. The van der Waals surface area contributed by atoms with Crippen molar-refractivity contribution in [1.82, 2.24) is 15.0 Å². The average molecular weight is 363 g/mol. The van der Waals surface area contributed by atoms with Crippen molar-refractivity contribution >= 4 is 37.7 Å². The average Bonchev–Trinajstić information content (AvgIpc) is 3.20. The van der Waals surface area contributed by atoms with E-state index in [4.69, 9.17) is 0 Å². The summed E-state index contributed by atoms with van der Waals surface area (Å²) in [5.74, 6) is -0.103. The zero-order valence-electron chi connectivity index (χ0n) is 10.8. The van der Waals surface area contributed by atoms with Crippen LogP contribution >= 0.6 is 15.9 Å². The van der Waals surface area contributed by atoms with Crippen LogP contribution in [0.15, 0.2) is 21.6 Å². The Hall–Kier alpha value is -1.19. The van der Waals surface area contributed by atoms with Crippen LogP contribution in [0.4, 0.5) is 5.82 Å². The topological polar surface area (TPSA) is 100 Å². The van der Waals surface area contributed by atoms with Gasteiger partial charge < -0.3 is 10.6 Å². The summed E-state index contributed by atoms with van der Waals surface area (Å²) in [5.41, 5.74) is 0. The molecule has 2 rings (SSSR count). The Morgan fingerprint density at radius 3 is 2.80 bits per heavy atom. The summed E-state index contributed by atoms with van der Waals surface area (Å²) in [7, 11) is -2.22. The highest BCUT2D eigenvalue weighted by atomic mass is 79.9. The van der Waals surface area contributed by atoms with Crippen LogP contribution < -0.4 is 15.4 Å². The molecule has 20 heavy (non-hydrogen) atoms. The number of nitrogens with zero attached hydrogens (tertiary/aromatic N) is 1. The van der Waals surface area contributed by atoms with E-state index in [0.717, 1.165) is 12.8 Å². The van der Waals surface area contributed by atoms with E-state index in [2.05, 4.69) is 36.3 Å². The molecule has 0 radical (unpaired) electrons. The molecule has 1 fully saturated rings. The smallest absolute Gasteiger partial charge is 0.244 e. The molecule has 110 valence electrons. The molecule has 1 amide bonds. The molecule has 0 saturated heterocycles. The van der Waals surface area contributed by atoms with Crippen molar-refractivity contribution in [2.24, 2.45) is 0 Å². The number of rotatable bonds is 6. The molecule has 3 N–H and O–H groups in total. The summed E-state index contributed by atoms with van der Waals surface area (Å²) < 4.78 is 27.2. The normalized spacial score (nSPS) is 14.9. The van der Waals surface area contributed by atoms with Crippen molar-refractivity contribution in [3.05, 3.63) is 16.7 Å². The first-order valence-electron chi connectivity index (χ1n) is 6.04. The van der Waals surface area contributed by atoms with Crippen LogP contribution in [0, 0.1) is 0 Å². The predicted molar refractivity (Wildman–Crippen MR) is 77.8 cm³/mol. The number of hydrogen-bond acceptors (Lipinski definition) is 5. The van der Waals surface area contributed by atoms with E-state index in [0.29, 0.717) is 4.47 Å². The summed E-state index contributed by atoms with van der Waals surface area (Å²) in [6.07, 6.45) is 3.40. The van der Waals surface area contributed by atoms with E-state index in [1.165, 1.54) is 12.3 Å². The van der Waals surface area contributed by atoms with Gasteiger partial charge in [0.2, 0.25) is 15.9 Å². The fourth-order valence-corrected chi connectivity index (χ4v) is 3.21. The van der Waals surface area contributed by atoms with E-state index in [1.54, 1.807) is 7.05 Å². The molecule has 7 nitrogen and oxygen atoms in total. The van der Waals surface area contributed by atoms with Gasteiger partial charge >= 0.3 is 0 Å². The first-order valence-corrected chi connectivity index (χ1v) is 8.32. The fraction of sp³-hybridized carbons (Fsp3) is 0.455. The minimum Gasteiger partial charge on any atom is -0.372 e. The summed E-state index contributed by atoms with van der Waals surface area (Å²) >= 11 is 3.18. The molecule has 1 aliphatic rings. The van der Waals surface area contributed by atoms with Gasteiger partial charge in [-0.25, -0.2) is 18.1 Å². The van der Waals surface area contributed by atoms with Crippen LogP contribution in [-0.2, 0) is 14.8 Å². The quantitative estimate of drug-likeness (QED) is 0.681. The lowest BCUT2D eigenvalue weighted by atomic mass is 10.4. The van der Waals surface area contributed by atoms with E-state index in [1.807, 2.05) is 0 Å². The zero-order chi connectivity index (χ0) is 14.8. The Kier molecular flexibility index (Phi) is 4.61. The van der Waals surface area contributed by atoms with Gasteiger partial charge in [-0.3, -0.25) is 4.79 Å². The Bertz CT molecular complexity index is 616. The van der Waals surface area contributed by atoms with E-state index < -0.39 is 10.0 Å². The first kappa shape index (κ1) is 15.2. The summed E-state index contributed by atoms with van der Waals surface area (Å²) in [4.78, 5) is 15.5. The van der Waals surface area contributed by atoms with E-state index >= 15 is 0 Å². The lowest BCUT2D eigenvalue weighted by molar-refractivity contribution is -0.120. The van der Waals surface area contributed by atoms with Crippen molar-refractivity contribution in [1.29, 1.82) is 0 Å². The second-order valence-corrected chi connectivity index (χ2v) is 7.07. The summed E-state index contributed by atoms with van der Waals surface area (Å²) in [6.45, 7) is -0.283. The molecular formula is C11H15BrN4O3S. The second-order valence-electron chi connectivity index (χ2n) is 4.42. The monoisotopic (exact) mass is 362 g/mol. The van der Waals surface area contributed by atoms with Gasteiger partial charge in [0.05, 0.1) is 6.54 Å². The number of pyridine rings is 1. The van der Waals surface area contributed by atoms with Gasteiger partial charge in [0.15, 0.2) is 0 Å². The van der Waals surface area contributed by atoms with Crippen LogP contribution in [0.25, 0.3) is 0 Å². The highest BCUT2D eigenvalue weighted by molar-refractivity contribution is 9.10. The molecule has 0 unspecified atom stereocenters. The molecule has 0 atom stereocenters. The van der Waals surface area contributed by atoms with Crippen molar-refractivity contribution in [2.45, 2.75) is 23.8 Å². The third kappa shape index (κ3) is 3.90. The third-order valence-electron chi connectivity index (χ3n) is 2.71. The van der Waals surface area contributed by atoms with Crippen molar-refractivity contribution in [2.75, 3.05) is 18.9 Å².